The molecule has 1 heteroatoms. The second kappa shape index (κ2) is 6.33. The molecule has 23 heavy (non-hydrogen) atoms. The Morgan fingerprint density at radius 3 is 2.30 bits per heavy atom. The topological polar surface area (TPSA) is 3.24 Å². The van der Waals surface area contributed by atoms with E-state index >= 15 is 0 Å². The fraction of sp³-hybridized carbons (Fsp3) is 0.364. The molecule has 1 heterocycles. The molecule has 0 spiro atoms. The fourth-order valence-electron chi connectivity index (χ4n) is 4.26. The zero-order valence-electron chi connectivity index (χ0n) is 14.0. The van der Waals surface area contributed by atoms with Gasteiger partial charge in [0, 0.05) is 0 Å². The van der Waals surface area contributed by atoms with Gasteiger partial charge in [-0.2, -0.15) is 0 Å². The third kappa shape index (κ3) is 2.86. The van der Waals surface area contributed by atoms with Gasteiger partial charge in [-0.3, -0.25) is 0 Å². The van der Waals surface area contributed by atoms with Crippen molar-refractivity contribution in [2.24, 2.45) is 5.92 Å². The number of aryl methyl sites for hydroxylation is 1. The van der Waals surface area contributed by atoms with Crippen molar-refractivity contribution in [3.8, 4) is 0 Å². The van der Waals surface area contributed by atoms with Crippen LogP contribution in [-0.4, -0.2) is 25.0 Å². The van der Waals surface area contributed by atoms with Crippen molar-refractivity contribution in [3.05, 3.63) is 71.3 Å². The molecule has 1 fully saturated rings. The smallest absolute Gasteiger partial charge is 0.00159 e. The van der Waals surface area contributed by atoms with Crippen LogP contribution < -0.4 is 0 Å². The molecule has 1 aliphatic carbocycles. The van der Waals surface area contributed by atoms with E-state index in [0.717, 1.165) is 0 Å². The Morgan fingerprint density at radius 2 is 1.52 bits per heavy atom. The van der Waals surface area contributed by atoms with Crippen molar-refractivity contribution in [1.82, 2.24) is 4.90 Å². The molecule has 0 N–H and O–H groups in total. The number of allylic oxidation sites excluding steroid dienone is 2. The van der Waals surface area contributed by atoms with Crippen molar-refractivity contribution in [2.75, 3.05) is 20.1 Å². The van der Waals surface area contributed by atoms with Crippen LogP contribution in [0.1, 0.15) is 36.0 Å². The van der Waals surface area contributed by atoms with E-state index in [1.54, 1.807) is 16.7 Å². The molecular weight excluding hydrogens is 278 g/mol. The molecule has 0 unspecified atom stereocenters. The molecular formula is C22H25N. The third-order valence-corrected chi connectivity index (χ3v) is 5.53. The Balaban J connectivity index is 1.83. The van der Waals surface area contributed by atoms with Crippen LogP contribution in [0.2, 0.25) is 0 Å². The number of hydrogen-bond acceptors (Lipinski definition) is 1. The van der Waals surface area contributed by atoms with E-state index in [0.29, 0.717) is 5.92 Å². The summed E-state index contributed by atoms with van der Waals surface area (Å²) in [6, 6.07) is 20.1. The second-order valence-electron chi connectivity index (χ2n) is 6.99. The number of rotatable bonds is 2. The summed E-state index contributed by atoms with van der Waals surface area (Å²) < 4.78 is 0. The summed E-state index contributed by atoms with van der Waals surface area (Å²) in [4.78, 5) is 2.47. The van der Waals surface area contributed by atoms with Crippen LogP contribution in [0.15, 0.2) is 54.6 Å². The normalized spacial score (nSPS) is 19.7. The summed E-state index contributed by atoms with van der Waals surface area (Å²) in [6.45, 7) is 2.44. The highest BCUT2D eigenvalue weighted by atomic mass is 15.1. The number of likely N-dealkylation sites (tertiary alicyclic amines) is 1. The van der Waals surface area contributed by atoms with E-state index < -0.39 is 0 Å². The Kier molecular flexibility index (Phi) is 4.05. The predicted molar refractivity (Wildman–Crippen MR) is 98.2 cm³/mol. The van der Waals surface area contributed by atoms with Gasteiger partial charge >= 0.3 is 0 Å². The summed E-state index contributed by atoms with van der Waals surface area (Å²) >= 11 is 0. The van der Waals surface area contributed by atoms with Gasteiger partial charge in [-0.15, -0.1) is 0 Å². The summed E-state index contributed by atoms with van der Waals surface area (Å²) in [6.07, 6.45) is 4.94. The number of benzene rings is 2. The van der Waals surface area contributed by atoms with Crippen molar-refractivity contribution >= 4 is 11.1 Å². The van der Waals surface area contributed by atoms with Crippen LogP contribution in [0.25, 0.3) is 11.1 Å². The van der Waals surface area contributed by atoms with Gasteiger partial charge in [0.05, 0.1) is 0 Å². The Labute approximate surface area is 139 Å². The summed E-state index contributed by atoms with van der Waals surface area (Å²) in [7, 11) is 2.25. The molecule has 0 amide bonds. The molecule has 0 bridgehead atoms. The maximum atomic E-state index is 2.47. The van der Waals surface area contributed by atoms with E-state index in [1.165, 1.54) is 49.9 Å². The lowest BCUT2D eigenvalue weighted by Crippen LogP contribution is -2.31. The van der Waals surface area contributed by atoms with Gasteiger partial charge in [-0.05, 0) is 79.6 Å². The van der Waals surface area contributed by atoms with E-state index in [4.69, 9.17) is 0 Å². The maximum absolute atomic E-state index is 2.47. The van der Waals surface area contributed by atoms with Gasteiger partial charge in [0.25, 0.3) is 0 Å². The highest BCUT2D eigenvalue weighted by molar-refractivity contribution is 5.94. The minimum atomic E-state index is 0.711. The number of fused-ring (bicyclic) bond motifs is 1. The Bertz CT molecular complexity index is 706. The van der Waals surface area contributed by atoms with Crippen molar-refractivity contribution in [2.45, 2.75) is 25.7 Å². The third-order valence-electron chi connectivity index (χ3n) is 5.53. The predicted octanol–water partition coefficient (Wildman–Crippen LogP) is 4.89. The first-order valence-corrected chi connectivity index (χ1v) is 8.88. The molecule has 2 aromatic carbocycles. The lowest BCUT2D eigenvalue weighted by Gasteiger charge is -2.35. The average molecular weight is 303 g/mol. The molecule has 0 atom stereocenters. The molecule has 0 saturated carbocycles. The molecule has 1 aliphatic heterocycles. The van der Waals surface area contributed by atoms with Gasteiger partial charge in [0.15, 0.2) is 0 Å². The zero-order chi connectivity index (χ0) is 15.6. The molecule has 118 valence electrons. The monoisotopic (exact) mass is 303 g/mol. The standard InChI is InChI=1S/C22H25N/c1-23-15-13-19(14-16-23)22-20-10-6-5-9-18(20)11-12-21(22)17-7-3-2-4-8-17/h2-10,19H,11-16H2,1H3. The van der Waals surface area contributed by atoms with Crippen LogP contribution in [0.4, 0.5) is 0 Å². The summed E-state index contributed by atoms with van der Waals surface area (Å²) in [5, 5.41) is 0. The lowest BCUT2D eigenvalue weighted by molar-refractivity contribution is 0.248. The summed E-state index contributed by atoms with van der Waals surface area (Å²) in [5.74, 6) is 0.711. The minimum absolute atomic E-state index is 0.711. The highest BCUT2D eigenvalue weighted by Crippen LogP contribution is 2.43. The van der Waals surface area contributed by atoms with Crippen LogP contribution in [-0.2, 0) is 6.42 Å². The van der Waals surface area contributed by atoms with Crippen molar-refractivity contribution in [3.63, 3.8) is 0 Å². The zero-order valence-corrected chi connectivity index (χ0v) is 14.0. The fourth-order valence-corrected chi connectivity index (χ4v) is 4.26. The van der Waals surface area contributed by atoms with Crippen molar-refractivity contribution in [1.29, 1.82) is 0 Å². The maximum Gasteiger partial charge on any atom is -0.00159 e. The first-order chi connectivity index (χ1) is 11.3. The number of piperidine rings is 1. The largest absolute Gasteiger partial charge is 0.306 e. The molecule has 1 nitrogen and oxygen atoms in total. The van der Waals surface area contributed by atoms with Crippen LogP contribution in [0, 0.1) is 5.92 Å². The summed E-state index contributed by atoms with van der Waals surface area (Å²) in [5.41, 5.74) is 7.73. The Morgan fingerprint density at radius 1 is 0.826 bits per heavy atom. The van der Waals surface area contributed by atoms with E-state index in [-0.39, 0.29) is 0 Å². The number of nitrogens with zero attached hydrogens (tertiary/aromatic N) is 1. The van der Waals surface area contributed by atoms with Gasteiger partial charge < -0.3 is 4.90 Å². The molecule has 1 saturated heterocycles. The number of hydrogen-bond donors (Lipinski definition) is 0. The Hall–Kier alpha value is -1.86. The van der Waals surface area contributed by atoms with Gasteiger partial charge in [-0.1, -0.05) is 54.6 Å². The van der Waals surface area contributed by atoms with E-state index in [2.05, 4.69) is 66.5 Å². The molecule has 4 rings (SSSR count). The second-order valence-corrected chi connectivity index (χ2v) is 6.99. The first kappa shape index (κ1) is 14.7. The lowest BCUT2D eigenvalue weighted by atomic mass is 9.74. The van der Waals surface area contributed by atoms with Crippen molar-refractivity contribution < 1.29 is 0 Å². The van der Waals surface area contributed by atoms with Gasteiger partial charge in [0.2, 0.25) is 0 Å². The SMILES string of the molecule is CN1CCC(C2=C(c3ccccc3)CCc3ccccc32)CC1. The van der Waals surface area contributed by atoms with E-state index in [9.17, 15) is 0 Å². The van der Waals surface area contributed by atoms with Gasteiger partial charge in [-0.25, -0.2) is 0 Å². The minimum Gasteiger partial charge on any atom is -0.306 e. The highest BCUT2D eigenvalue weighted by Gasteiger charge is 2.28. The molecule has 0 aromatic heterocycles. The van der Waals surface area contributed by atoms with Crippen LogP contribution in [0.5, 0.6) is 0 Å². The molecule has 2 aliphatic rings. The quantitative estimate of drug-likeness (QED) is 0.764. The van der Waals surface area contributed by atoms with Crippen LogP contribution in [0.3, 0.4) is 0 Å². The van der Waals surface area contributed by atoms with Gasteiger partial charge in [0.1, 0.15) is 0 Å². The first-order valence-electron chi connectivity index (χ1n) is 8.88. The van der Waals surface area contributed by atoms with Crippen LogP contribution >= 0.6 is 0 Å². The average Bonchev–Trinajstić information content (AvgIpc) is 2.62. The molecule has 2 aromatic rings. The molecule has 0 radical (unpaired) electrons. The van der Waals surface area contributed by atoms with E-state index in [1.807, 2.05) is 0 Å².